The number of nitrogens with zero attached hydrogens (tertiary/aromatic N) is 2. The Morgan fingerprint density at radius 3 is 2.86 bits per heavy atom. The average Bonchev–Trinajstić information content (AvgIpc) is 2.88. The summed E-state index contributed by atoms with van der Waals surface area (Å²) in [5.74, 6) is 0.652. The Morgan fingerprint density at radius 2 is 2.18 bits per heavy atom. The fraction of sp³-hybridized carbons (Fsp3) is 0.438. The molecule has 0 atom stereocenters. The number of carbonyl (C=O) groups is 1. The number of ether oxygens (including phenoxy) is 1. The zero-order valence-electron chi connectivity index (χ0n) is 13.2. The van der Waals surface area contributed by atoms with Gasteiger partial charge in [0, 0.05) is 12.2 Å². The predicted octanol–water partition coefficient (Wildman–Crippen LogP) is 3.26. The number of aryl methyl sites for hydroxylation is 2. The molecule has 0 bridgehead atoms. The average molecular weight is 319 g/mol. The van der Waals surface area contributed by atoms with E-state index < -0.39 is 0 Å². The Balaban J connectivity index is 1.94. The molecule has 0 aliphatic carbocycles. The molecule has 0 aliphatic rings. The zero-order valence-corrected chi connectivity index (χ0v) is 14.0. The maximum absolute atomic E-state index is 12.1. The molecule has 0 unspecified atom stereocenters. The summed E-state index contributed by atoms with van der Waals surface area (Å²) in [4.78, 5) is 21.3. The van der Waals surface area contributed by atoms with Crippen molar-refractivity contribution in [1.29, 1.82) is 0 Å². The highest BCUT2D eigenvalue weighted by atomic mass is 32.1. The number of amides is 1. The van der Waals surface area contributed by atoms with E-state index >= 15 is 0 Å². The Labute approximate surface area is 134 Å². The van der Waals surface area contributed by atoms with Crippen molar-refractivity contribution in [2.45, 2.75) is 40.2 Å². The Hall–Kier alpha value is -1.95. The normalized spacial score (nSPS) is 10.5. The fourth-order valence-corrected chi connectivity index (χ4v) is 2.76. The third-order valence-corrected chi connectivity index (χ3v) is 4.24. The van der Waals surface area contributed by atoms with Gasteiger partial charge in [-0.3, -0.25) is 9.78 Å². The SMILES string of the molecule is CCCCNC(=O)c1sc(COc2ccc(C)nc2)nc1C. The zero-order chi connectivity index (χ0) is 15.9. The molecule has 1 N–H and O–H groups in total. The van der Waals surface area contributed by atoms with Crippen molar-refractivity contribution < 1.29 is 9.53 Å². The molecule has 5 nitrogen and oxygen atoms in total. The van der Waals surface area contributed by atoms with E-state index in [1.807, 2.05) is 26.0 Å². The first-order valence-corrected chi connectivity index (χ1v) is 8.21. The maximum atomic E-state index is 12.1. The number of hydrogen-bond acceptors (Lipinski definition) is 5. The van der Waals surface area contributed by atoms with Crippen LogP contribution in [0.15, 0.2) is 18.3 Å². The van der Waals surface area contributed by atoms with Crippen molar-refractivity contribution in [2.24, 2.45) is 0 Å². The predicted molar refractivity (Wildman–Crippen MR) is 87.4 cm³/mol. The van der Waals surface area contributed by atoms with E-state index in [0.29, 0.717) is 23.8 Å². The number of nitrogens with one attached hydrogen (secondary N) is 1. The van der Waals surface area contributed by atoms with Gasteiger partial charge in [0.2, 0.25) is 0 Å². The summed E-state index contributed by atoms with van der Waals surface area (Å²) in [5, 5.41) is 3.71. The van der Waals surface area contributed by atoms with Gasteiger partial charge in [0.05, 0.1) is 11.9 Å². The van der Waals surface area contributed by atoms with Gasteiger partial charge in [-0.1, -0.05) is 13.3 Å². The monoisotopic (exact) mass is 319 g/mol. The summed E-state index contributed by atoms with van der Waals surface area (Å²) in [7, 11) is 0. The van der Waals surface area contributed by atoms with Crippen molar-refractivity contribution in [3.8, 4) is 5.75 Å². The summed E-state index contributed by atoms with van der Waals surface area (Å²) in [6.45, 7) is 6.92. The molecule has 2 heterocycles. The van der Waals surface area contributed by atoms with Crippen LogP contribution in [0, 0.1) is 13.8 Å². The minimum Gasteiger partial charge on any atom is -0.485 e. The highest BCUT2D eigenvalue weighted by Gasteiger charge is 2.15. The van der Waals surface area contributed by atoms with Gasteiger partial charge in [-0.25, -0.2) is 4.98 Å². The van der Waals surface area contributed by atoms with Crippen LogP contribution < -0.4 is 10.1 Å². The molecule has 0 aromatic carbocycles. The van der Waals surface area contributed by atoms with Gasteiger partial charge >= 0.3 is 0 Å². The molecule has 2 aromatic heterocycles. The van der Waals surface area contributed by atoms with Crippen molar-refractivity contribution in [2.75, 3.05) is 6.54 Å². The first-order valence-electron chi connectivity index (χ1n) is 7.40. The standard InChI is InChI=1S/C16H21N3O2S/c1-4-5-8-17-16(20)15-12(3)19-14(22-15)10-21-13-7-6-11(2)18-9-13/h6-7,9H,4-5,8,10H2,1-3H3,(H,17,20). The highest BCUT2D eigenvalue weighted by molar-refractivity contribution is 7.13. The van der Waals surface area contributed by atoms with Crippen LogP contribution in [0.4, 0.5) is 0 Å². The first-order chi connectivity index (χ1) is 10.6. The summed E-state index contributed by atoms with van der Waals surface area (Å²) >= 11 is 1.38. The second-order valence-electron chi connectivity index (χ2n) is 5.06. The molecule has 1 amide bonds. The van der Waals surface area contributed by atoms with Crippen molar-refractivity contribution in [3.05, 3.63) is 39.6 Å². The third-order valence-electron chi connectivity index (χ3n) is 3.11. The molecule has 118 valence electrons. The quantitative estimate of drug-likeness (QED) is 0.796. The van der Waals surface area contributed by atoms with Crippen LogP contribution in [0.1, 0.15) is 45.8 Å². The molecule has 0 spiro atoms. The first kappa shape index (κ1) is 16.4. The smallest absolute Gasteiger partial charge is 0.263 e. The van der Waals surface area contributed by atoms with Crippen LogP contribution in [0.5, 0.6) is 5.75 Å². The van der Waals surface area contributed by atoms with Crippen LogP contribution in [0.25, 0.3) is 0 Å². The summed E-state index contributed by atoms with van der Waals surface area (Å²) in [6.07, 6.45) is 3.74. The Bertz CT molecular complexity index is 623. The molecule has 0 saturated heterocycles. The van der Waals surface area contributed by atoms with Crippen LogP contribution in [0.2, 0.25) is 0 Å². The van der Waals surface area contributed by atoms with Crippen LogP contribution in [0.3, 0.4) is 0 Å². The fourth-order valence-electron chi connectivity index (χ4n) is 1.87. The molecule has 0 radical (unpaired) electrons. The molecule has 0 aliphatic heterocycles. The number of rotatable bonds is 7. The number of carbonyl (C=O) groups excluding carboxylic acids is 1. The largest absolute Gasteiger partial charge is 0.485 e. The van der Waals surface area contributed by atoms with Crippen LogP contribution >= 0.6 is 11.3 Å². The topological polar surface area (TPSA) is 64.1 Å². The number of thiazole rings is 1. The minimum absolute atomic E-state index is 0.0493. The molecule has 22 heavy (non-hydrogen) atoms. The molecular weight excluding hydrogens is 298 g/mol. The molecular formula is C16H21N3O2S. The maximum Gasteiger partial charge on any atom is 0.263 e. The second-order valence-corrected chi connectivity index (χ2v) is 6.14. The highest BCUT2D eigenvalue weighted by Crippen LogP contribution is 2.20. The van der Waals surface area contributed by atoms with E-state index in [2.05, 4.69) is 22.2 Å². The molecule has 0 fully saturated rings. The van der Waals surface area contributed by atoms with Crippen LogP contribution in [-0.2, 0) is 6.61 Å². The number of hydrogen-bond donors (Lipinski definition) is 1. The summed E-state index contributed by atoms with van der Waals surface area (Å²) in [5.41, 5.74) is 1.70. The number of aromatic nitrogens is 2. The van der Waals surface area contributed by atoms with Gasteiger partial charge in [-0.05, 0) is 32.4 Å². The third kappa shape index (κ3) is 4.53. The van der Waals surface area contributed by atoms with E-state index in [4.69, 9.17) is 4.74 Å². The van der Waals surface area contributed by atoms with E-state index in [1.165, 1.54) is 11.3 Å². The van der Waals surface area contributed by atoms with Crippen LogP contribution in [-0.4, -0.2) is 22.4 Å². The summed E-state index contributed by atoms with van der Waals surface area (Å²) in [6, 6.07) is 3.77. The van der Waals surface area contributed by atoms with Gasteiger partial charge in [0.25, 0.3) is 5.91 Å². The van der Waals surface area contributed by atoms with Gasteiger partial charge in [0.1, 0.15) is 22.2 Å². The molecule has 0 saturated carbocycles. The Kier molecular flexibility index (Phi) is 5.89. The second kappa shape index (κ2) is 7.89. The lowest BCUT2D eigenvalue weighted by molar-refractivity contribution is 0.0956. The molecule has 2 rings (SSSR count). The minimum atomic E-state index is -0.0493. The summed E-state index contributed by atoms with van der Waals surface area (Å²) < 4.78 is 5.65. The Morgan fingerprint density at radius 1 is 1.36 bits per heavy atom. The van der Waals surface area contributed by atoms with Crippen molar-refractivity contribution >= 4 is 17.2 Å². The van der Waals surface area contributed by atoms with E-state index in [0.717, 1.165) is 29.2 Å². The van der Waals surface area contributed by atoms with Gasteiger partial charge < -0.3 is 10.1 Å². The number of pyridine rings is 1. The van der Waals surface area contributed by atoms with Crippen molar-refractivity contribution in [3.63, 3.8) is 0 Å². The lowest BCUT2D eigenvalue weighted by Crippen LogP contribution is -2.24. The molecule has 6 heteroatoms. The van der Waals surface area contributed by atoms with Gasteiger partial charge in [-0.2, -0.15) is 0 Å². The molecule has 2 aromatic rings. The lowest BCUT2D eigenvalue weighted by atomic mass is 10.3. The van der Waals surface area contributed by atoms with Crippen molar-refractivity contribution in [1.82, 2.24) is 15.3 Å². The van der Waals surface area contributed by atoms with Gasteiger partial charge in [0.15, 0.2) is 0 Å². The van der Waals surface area contributed by atoms with Gasteiger partial charge in [-0.15, -0.1) is 11.3 Å². The van der Waals surface area contributed by atoms with E-state index in [1.54, 1.807) is 6.20 Å². The number of unbranched alkanes of at least 4 members (excludes halogenated alkanes) is 1. The van der Waals surface area contributed by atoms with E-state index in [9.17, 15) is 4.79 Å². The van der Waals surface area contributed by atoms with E-state index in [-0.39, 0.29) is 5.91 Å². The lowest BCUT2D eigenvalue weighted by Gasteiger charge is -2.03.